The van der Waals surface area contributed by atoms with Crippen molar-refractivity contribution in [2.75, 3.05) is 13.2 Å². The van der Waals surface area contributed by atoms with Gasteiger partial charge in [0.05, 0.1) is 27.7 Å². The number of carbonyl (C=O) groups excluding carboxylic acids is 4. The van der Waals surface area contributed by atoms with E-state index in [4.69, 9.17) is 34.4 Å². The van der Waals surface area contributed by atoms with E-state index in [0.29, 0.717) is 0 Å². The van der Waals surface area contributed by atoms with Crippen LogP contribution >= 0.6 is 23.2 Å². The van der Waals surface area contributed by atoms with Gasteiger partial charge in [-0.25, -0.2) is 4.79 Å². The first-order valence-corrected chi connectivity index (χ1v) is 7.77. The summed E-state index contributed by atoms with van der Waals surface area (Å²) in [6.07, 6.45) is 4.98. The highest BCUT2D eigenvalue weighted by molar-refractivity contribution is 6.43. The largest absolute Gasteiger partial charge is 0.454 e. The lowest BCUT2D eigenvalue weighted by Gasteiger charge is -2.20. The normalized spacial score (nSPS) is 13.9. The van der Waals surface area contributed by atoms with Gasteiger partial charge in [-0.2, -0.15) is 0 Å². The zero-order valence-corrected chi connectivity index (χ0v) is 14.5. The maximum Gasteiger partial charge on any atom is 0.329 e. The third kappa shape index (κ3) is 3.76. The highest BCUT2D eigenvalue weighted by Crippen LogP contribution is 2.32. The van der Waals surface area contributed by atoms with E-state index in [1.54, 1.807) is 0 Å². The summed E-state index contributed by atoms with van der Waals surface area (Å²) in [4.78, 5) is 48.9. The van der Waals surface area contributed by atoms with Gasteiger partial charge in [0.25, 0.3) is 17.7 Å². The van der Waals surface area contributed by atoms with Crippen LogP contribution in [-0.4, -0.2) is 47.8 Å². The molecule has 9 heteroatoms. The molecule has 3 amide bonds. The molecular weight excluding hydrogens is 371 g/mol. The maximum atomic E-state index is 12.4. The van der Waals surface area contributed by atoms with Gasteiger partial charge >= 0.3 is 5.97 Å². The topological polar surface area (TPSA) is 92.8 Å². The number of terminal acetylenes is 1. The monoisotopic (exact) mass is 382 g/mol. The molecular formula is C16H12Cl2N2O5. The Bertz CT molecular complexity index is 774. The fraction of sp³-hybridized carbons (Fsp3) is 0.250. The smallest absolute Gasteiger partial charge is 0.329 e. The minimum Gasteiger partial charge on any atom is -0.454 e. The van der Waals surface area contributed by atoms with E-state index in [-0.39, 0.29) is 27.7 Å². The van der Waals surface area contributed by atoms with Gasteiger partial charge in [0.1, 0.15) is 6.04 Å². The van der Waals surface area contributed by atoms with Crippen LogP contribution in [0.3, 0.4) is 0 Å². The number of imide groups is 1. The molecule has 1 atom stereocenters. The van der Waals surface area contributed by atoms with Crippen LogP contribution in [0.15, 0.2) is 12.1 Å². The summed E-state index contributed by atoms with van der Waals surface area (Å²) in [5, 5.41) is 2.54. The molecule has 1 aromatic carbocycles. The second-order valence-electron chi connectivity index (χ2n) is 5.06. The zero-order chi connectivity index (χ0) is 18.7. The van der Waals surface area contributed by atoms with Gasteiger partial charge in [-0.05, 0) is 19.1 Å². The Balaban J connectivity index is 2.10. The Labute approximate surface area is 153 Å². The molecule has 7 nitrogen and oxygen atoms in total. The number of hydrogen-bond donors (Lipinski definition) is 1. The Morgan fingerprint density at radius 1 is 1.24 bits per heavy atom. The number of hydrogen-bond acceptors (Lipinski definition) is 5. The second-order valence-corrected chi connectivity index (χ2v) is 5.87. The van der Waals surface area contributed by atoms with E-state index in [1.165, 1.54) is 19.1 Å². The lowest BCUT2D eigenvalue weighted by atomic mass is 10.1. The maximum absolute atomic E-state index is 12.4. The zero-order valence-electron chi connectivity index (χ0n) is 13.0. The summed E-state index contributed by atoms with van der Waals surface area (Å²) in [6.45, 7) is 0.726. The Morgan fingerprint density at radius 3 is 2.24 bits per heavy atom. The number of nitrogens with zero attached hydrogens (tertiary/aromatic N) is 1. The van der Waals surface area contributed by atoms with E-state index in [9.17, 15) is 19.2 Å². The fourth-order valence-corrected chi connectivity index (χ4v) is 2.49. The molecule has 0 aliphatic carbocycles. The third-order valence-electron chi connectivity index (χ3n) is 3.42. The molecule has 1 aromatic rings. The van der Waals surface area contributed by atoms with E-state index in [2.05, 4.69) is 11.2 Å². The number of carbonyl (C=O) groups is 4. The number of rotatable bonds is 5. The van der Waals surface area contributed by atoms with Crippen LogP contribution in [0.4, 0.5) is 0 Å². The van der Waals surface area contributed by atoms with Crippen LogP contribution in [-0.2, 0) is 14.3 Å². The number of halogens is 2. The molecule has 0 spiro atoms. The van der Waals surface area contributed by atoms with Gasteiger partial charge in [-0.3, -0.25) is 19.3 Å². The van der Waals surface area contributed by atoms with Crippen molar-refractivity contribution in [2.45, 2.75) is 13.0 Å². The van der Waals surface area contributed by atoms with E-state index >= 15 is 0 Å². The lowest BCUT2D eigenvalue weighted by molar-refractivity contribution is -0.151. The molecule has 0 fully saturated rings. The van der Waals surface area contributed by atoms with E-state index < -0.39 is 36.3 Å². The predicted octanol–water partition coefficient (Wildman–Crippen LogP) is 1.27. The molecule has 1 heterocycles. The first-order valence-electron chi connectivity index (χ1n) is 7.01. The van der Waals surface area contributed by atoms with Gasteiger partial charge < -0.3 is 10.1 Å². The number of fused-ring (bicyclic) bond motifs is 1. The summed E-state index contributed by atoms with van der Waals surface area (Å²) < 4.78 is 4.80. The van der Waals surface area contributed by atoms with Crippen molar-refractivity contribution in [1.29, 1.82) is 0 Å². The average Bonchev–Trinajstić information content (AvgIpc) is 2.81. The van der Waals surface area contributed by atoms with Crippen LogP contribution in [0.25, 0.3) is 0 Å². The van der Waals surface area contributed by atoms with E-state index in [1.807, 2.05) is 0 Å². The van der Waals surface area contributed by atoms with Crippen LogP contribution < -0.4 is 5.32 Å². The predicted molar refractivity (Wildman–Crippen MR) is 89.2 cm³/mol. The molecule has 1 N–H and O–H groups in total. The molecule has 1 aliphatic rings. The first-order chi connectivity index (χ1) is 11.8. The van der Waals surface area contributed by atoms with Gasteiger partial charge in [0, 0.05) is 0 Å². The molecule has 25 heavy (non-hydrogen) atoms. The Kier molecular flexibility index (Phi) is 5.67. The summed E-state index contributed by atoms with van der Waals surface area (Å²) in [5.74, 6) is -0.708. The van der Waals surface area contributed by atoms with Crippen molar-refractivity contribution in [1.82, 2.24) is 10.2 Å². The third-order valence-corrected chi connectivity index (χ3v) is 4.14. The minimum atomic E-state index is -1.23. The quantitative estimate of drug-likeness (QED) is 0.470. The van der Waals surface area contributed by atoms with Gasteiger partial charge in [-0.15, -0.1) is 6.42 Å². The van der Waals surface area contributed by atoms with Gasteiger partial charge in [0.2, 0.25) is 0 Å². The van der Waals surface area contributed by atoms with Crippen molar-refractivity contribution in [3.63, 3.8) is 0 Å². The number of amides is 3. The van der Waals surface area contributed by atoms with Crippen molar-refractivity contribution in [3.8, 4) is 12.3 Å². The molecule has 0 aromatic heterocycles. The Morgan fingerprint density at radius 2 is 1.76 bits per heavy atom. The highest BCUT2D eigenvalue weighted by atomic mass is 35.5. The first kappa shape index (κ1) is 18.8. The minimum absolute atomic E-state index is 0.00807. The number of nitrogens with one attached hydrogen (secondary N) is 1. The number of ether oxygens (including phenoxy) is 1. The van der Waals surface area contributed by atoms with Crippen LogP contribution in [0.2, 0.25) is 10.0 Å². The van der Waals surface area contributed by atoms with E-state index in [0.717, 1.165) is 4.90 Å². The van der Waals surface area contributed by atoms with Crippen molar-refractivity contribution in [2.24, 2.45) is 0 Å². The van der Waals surface area contributed by atoms with Crippen molar-refractivity contribution >= 4 is 46.9 Å². The molecule has 0 unspecified atom stereocenters. The van der Waals surface area contributed by atoms with Crippen LogP contribution in [0.5, 0.6) is 0 Å². The number of esters is 1. The molecule has 0 saturated carbocycles. The highest BCUT2D eigenvalue weighted by Gasteiger charge is 2.42. The summed E-state index contributed by atoms with van der Waals surface area (Å²) in [6, 6.07) is 1.31. The summed E-state index contributed by atoms with van der Waals surface area (Å²) in [7, 11) is 0. The van der Waals surface area contributed by atoms with Gasteiger partial charge in [-0.1, -0.05) is 29.1 Å². The van der Waals surface area contributed by atoms with Gasteiger partial charge in [0.15, 0.2) is 6.61 Å². The standard InChI is InChI=1S/C16H12Cl2N2O5/c1-3-4-19-13(21)7-25-16(24)8(2)20-14(22)9-5-11(17)12(18)6-10(9)15(20)23/h1,5-6,8H,4,7H2,2H3,(H,19,21)/t8-/m0/s1. The molecule has 0 saturated heterocycles. The average molecular weight is 383 g/mol. The van der Waals surface area contributed by atoms with Crippen LogP contribution in [0, 0.1) is 12.3 Å². The number of benzene rings is 1. The molecule has 0 bridgehead atoms. The SMILES string of the molecule is C#CCNC(=O)COC(=O)[C@H](C)N1C(=O)c2cc(Cl)c(Cl)cc2C1=O. The molecule has 2 rings (SSSR count). The lowest BCUT2D eigenvalue weighted by Crippen LogP contribution is -2.44. The molecule has 130 valence electrons. The fourth-order valence-electron chi connectivity index (χ4n) is 2.17. The second kappa shape index (κ2) is 7.55. The van der Waals surface area contributed by atoms with Crippen molar-refractivity contribution in [3.05, 3.63) is 33.3 Å². The Hall–Kier alpha value is -2.56. The summed E-state index contributed by atoms with van der Waals surface area (Å²) in [5.41, 5.74) is 0.0941. The van der Waals surface area contributed by atoms with Crippen molar-refractivity contribution < 1.29 is 23.9 Å². The summed E-state index contributed by atoms with van der Waals surface area (Å²) >= 11 is 11.7. The molecule has 0 radical (unpaired) electrons. The van der Waals surface area contributed by atoms with Crippen LogP contribution in [0.1, 0.15) is 27.6 Å². The molecule has 1 aliphatic heterocycles.